The number of aliphatic hydroxyl groups excluding tert-OH is 1. The van der Waals surface area contributed by atoms with E-state index in [1.165, 1.54) is 6.21 Å². The Morgan fingerprint density at radius 3 is 2.76 bits per heavy atom. The summed E-state index contributed by atoms with van der Waals surface area (Å²) in [7, 11) is 0. The van der Waals surface area contributed by atoms with Gasteiger partial charge in [0.2, 0.25) is 0 Å². The zero-order valence-electron chi connectivity index (χ0n) is 9.30. The zero-order chi connectivity index (χ0) is 12.5. The molecule has 0 unspecified atom stereocenters. The van der Waals surface area contributed by atoms with E-state index in [1.807, 2.05) is 0 Å². The molecule has 5 nitrogen and oxygen atoms in total. The van der Waals surface area contributed by atoms with E-state index in [4.69, 9.17) is 9.84 Å². The molecule has 0 atom stereocenters. The molecule has 1 aromatic rings. The van der Waals surface area contributed by atoms with E-state index in [0.29, 0.717) is 6.61 Å². The van der Waals surface area contributed by atoms with Crippen LogP contribution in [0, 0.1) is 0 Å². The van der Waals surface area contributed by atoms with Crippen molar-refractivity contribution in [3.8, 4) is 5.75 Å². The molecule has 0 aliphatic rings. The maximum atomic E-state index is 10.7. The zero-order valence-corrected chi connectivity index (χ0v) is 9.30. The van der Waals surface area contributed by atoms with Gasteiger partial charge in [0.05, 0.1) is 6.21 Å². The average molecular weight is 234 g/mol. The van der Waals surface area contributed by atoms with Crippen LogP contribution in [0.3, 0.4) is 0 Å². The minimum atomic E-state index is -0.578. The first kappa shape index (κ1) is 12.9. The number of amides is 1. The topological polar surface area (TPSA) is 70.9 Å². The molecule has 5 heteroatoms. The van der Waals surface area contributed by atoms with E-state index < -0.39 is 12.5 Å². The monoisotopic (exact) mass is 234 g/mol. The fraction of sp³-hybridized carbons (Fsp3) is 0.167. The van der Waals surface area contributed by atoms with E-state index in [0.717, 1.165) is 11.3 Å². The first-order valence-corrected chi connectivity index (χ1v) is 5.03. The van der Waals surface area contributed by atoms with Gasteiger partial charge in [0.25, 0.3) is 5.91 Å². The lowest BCUT2D eigenvalue weighted by Crippen LogP contribution is -2.20. The molecule has 0 saturated carbocycles. The highest BCUT2D eigenvalue weighted by Crippen LogP contribution is 2.10. The van der Waals surface area contributed by atoms with Crippen LogP contribution in [-0.2, 0) is 4.79 Å². The molecule has 0 fully saturated rings. The van der Waals surface area contributed by atoms with Crippen LogP contribution in [0.4, 0.5) is 0 Å². The second-order valence-corrected chi connectivity index (χ2v) is 3.12. The van der Waals surface area contributed by atoms with Gasteiger partial charge in [0.15, 0.2) is 0 Å². The van der Waals surface area contributed by atoms with Gasteiger partial charge in [-0.05, 0) is 29.8 Å². The molecule has 2 N–H and O–H groups in total. The molecular formula is C12H14N2O3. The van der Waals surface area contributed by atoms with Crippen LogP contribution >= 0.6 is 0 Å². The predicted octanol–water partition coefficient (Wildman–Crippen LogP) is 0.694. The predicted molar refractivity (Wildman–Crippen MR) is 65.0 cm³/mol. The molecule has 0 aliphatic carbocycles. The van der Waals surface area contributed by atoms with Gasteiger partial charge in [-0.1, -0.05) is 12.7 Å². The lowest BCUT2D eigenvalue weighted by Gasteiger charge is -2.02. The van der Waals surface area contributed by atoms with Crippen molar-refractivity contribution in [3.05, 3.63) is 42.5 Å². The summed E-state index contributed by atoms with van der Waals surface area (Å²) in [5.74, 6) is 0.189. The molecule has 17 heavy (non-hydrogen) atoms. The summed E-state index contributed by atoms with van der Waals surface area (Å²) in [4.78, 5) is 10.7. The van der Waals surface area contributed by atoms with Crippen LogP contribution in [0.5, 0.6) is 5.75 Å². The highest BCUT2D eigenvalue weighted by atomic mass is 16.5. The number of nitrogens with one attached hydrogen (secondary N) is 1. The van der Waals surface area contributed by atoms with Crippen molar-refractivity contribution in [1.29, 1.82) is 0 Å². The van der Waals surface area contributed by atoms with Gasteiger partial charge >= 0.3 is 0 Å². The largest absolute Gasteiger partial charge is 0.490 e. The van der Waals surface area contributed by atoms with Gasteiger partial charge in [-0.15, -0.1) is 0 Å². The summed E-state index contributed by atoms with van der Waals surface area (Å²) in [6.07, 6.45) is 3.14. The van der Waals surface area contributed by atoms with Crippen LogP contribution in [0.1, 0.15) is 5.56 Å². The summed E-state index contributed by atoms with van der Waals surface area (Å²) in [5.41, 5.74) is 2.98. The molecule has 90 valence electrons. The number of ether oxygens (including phenoxy) is 1. The van der Waals surface area contributed by atoms with E-state index in [1.54, 1.807) is 30.3 Å². The SMILES string of the molecule is C=CCOc1ccc(/C=N/NC(=O)CO)cc1. The molecular weight excluding hydrogens is 220 g/mol. The number of benzene rings is 1. The molecule has 0 radical (unpaired) electrons. The number of rotatable bonds is 6. The fourth-order valence-electron chi connectivity index (χ4n) is 1.02. The molecule has 1 amide bonds. The third-order valence-electron chi connectivity index (χ3n) is 1.79. The summed E-state index contributed by atoms with van der Waals surface area (Å²) in [6, 6.07) is 7.18. The Morgan fingerprint density at radius 1 is 1.47 bits per heavy atom. The third kappa shape index (κ3) is 4.94. The van der Waals surface area contributed by atoms with Gasteiger partial charge < -0.3 is 9.84 Å². The summed E-state index contributed by atoms with van der Waals surface area (Å²) in [5, 5.41) is 12.1. The molecule has 0 aromatic heterocycles. The van der Waals surface area contributed by atoms with Crippen molar-refractivity contribution in [2.45, 2.75) is 0 Å². The Morgan fingerprint density at radius 2 is 2.18 bits per heavy atom. The second-order valence-electron chi connectivity index (χ2n) is 3.12. The average Bonchev–Trinajstić information content (AvgIpc) is 2.37. The molecule has 1 rings (SSSR count). The minimum Gasteiger partial charge on any atom is -0.490 e. The number of hydrazone groups is 1. The van der Waals surface area contributed by atoms with Crippen LogP contribution < -0.4 is 10.2 Å². The van der Waals surface area contributed by atoms with Crippen LogP contribution in [0.2, 0.25) is 0 Å². The molecule has 0 bridgehead atoms. The summed E-state index contributed by atoms with van der Waals surface area (Å²) in [6.45, 7) is 3.43. The Labute approximate surface area is 99.4 Å². The Kier molecular flexibility index (Phi) is 5.46. The molecule has 0 saturated heterocycles. The minimum absolute atomic E-state index is 0.458. The van der Waals surface area contributed by atoms with Gasteiger partial charge in [-0.2, -0.15) is 5.10 Å². The third-order valence-corrected chi connectivity index (χ3v) is 1.79. The lowest BCUT2D eigenvalue weighted by atomic mass is 10.2. The number of aliphatic hydroxyl groups is 1. The van der Waals surface area contributed by atoms with Crippen LogP contribution in [0.15, 0.2) is 42.0 Å². The standard InChI is InChI=1S/C12H14N2O3/c1-2-7-17-11-5-3-10(4-6-11)8-13-14-12(16)9-15/h2-6,8,15H,1,7,9H2,(H,14,16)/b13-8+. The van der Waals surface area contributed by atoms with E-state index in [9.17, 15) is 4.79 Å². The van der Waals surface area contributed by atoms with Crippen molar-refractivity contribution < 1.29 is 14.6 Å². The Bertz CT molecular complexity index is 399. The Hall–Kier alpha value is -2.14. The van der Waals surface area contributed by atoms with Crippen molar-refractivity contribution in [3.63, 3.8) is 0 Å². The number of hydrogen-bond acceptors (Lipinski definition) is 4. The first-order valence-electron chi connectivity index (χ1n) is 5.03. The molecule has 0 aliphatic heterocycles. The number of carbonyl (C=O) groups excluding carboxylic acids is 1. The van der Waals surface area contributed by atoms with E-state index >= 15 is 0 Å². The molecule has 0 heterocycles. The maximum Gasteiger partial charge on any atom is 0.265 e. The van der Waals surface area contributed by atoms with Gasteiger partial charge in [0.1, 0.15) is 19.0 Å². The van der Waals surface area contributed by atoms with Crippen molar-refractivity contribution in [1.82, 2.24) is 5.43 Å². The second kappa shape index (κ2) is 7.19. The fourth-order valence-corrected chi connectivity index (χ4v) is 1.02. The van der Waals surface area contributed by atoms with Crippen molar-refractivity contribution in [2.24, 2.45) is 5.10 Å². The van der Waals surface area contributed by atoms with Gasteiger partial charge in [-0.3, -0.25) is 4.79 Å². The van der Waals surface area contributed by atoms with E-state index in [-0.39, 0.29) is 0 Å². The van der Waals surface area contributed by atoms with E-state index in [2.05, 4.69) is 17.1 Å². The quantitative estimate of drug-likeness (QED) is 0.432. The smallest absolute Gasteiger partial charge is 0.265 e. The number of carbonyl (C=O) groups is 1. The van der Waals surface area contributed by atoms with Gasteiger partial charge in [-0.25, -0.2) is 5.43 Å². The number of hydrogen-bond donors (Lipinski definition) is 2. The van der Waals surface area contributed by atoms with Crippen LogP contribution in [0.25, 0.3) is 0 Å². The summed E-state index contributed by atoms with van der Waals surface area (Å²) < 4.78 is 5.30. The number of nitrogens with zero attached hydrogens (tertiary/aromatic N) is 1. The van der Waals surface area contributed by atoms with Crippen LogP contribution in [-0.4, -0.2) is 30.4 Å². The lowest BCUT2D eigenvalue weighted by molar-refractivity contribution is -0.123. The summed E-state index contributed by atoms with van der Waals surface area (Å²) >= 11 is 0. The van der Waals surface area contributed by atoms with Gasteiger partial charge in [0, 0.05) is 0 Å². The normalized spacial score (nSPS) is 10.2. The highest BCUT2D eigenvalue weighted by Gasteiger charge is 1.94. The first-order chi connectivity index (χ1) is 8.26. The molecule has 0 spiro atoms. The highest BCUT2D eigenvalue weighted by molar-refractivity contribution is 5.82. The maximum absolute atomic E-state index is 10.7. The van der Waals surface area contributed by atoms with Crippen molar-refractivity contribution in [2.75, 3.05) is 13.2 Å². The Balaban J connectivity index is 2.50. The van der Waals surface area contributed by atoms with Crippen molar-refractivity contribution >= 4 is 12.1 Å². The molecule has 1 aromatic carbocycles.